The number of carbonyl (C=O) groups excluding carboxylic acids is 1. The average Bonchev–Trinajstić information content (AvgIpc) is 2.66. The molecule has 1 unspecified atom stereocenters. The van der Waals surface area contributed by atoms with Crippen molar-refractivity contribution in [2.45, 2.75) is 19.4 Å². The van der Waals surface area contributed by atoms with E-state index < -0.39 is 0 Å². The lowest BCUT2D eigenvalue weighted by Gasteiger charge is -2.13. The van der Waals surface area contributed by atoms with Crippen molar-refractivity contribution in [2.24, 2.45) is 0 Å². The molecule has 0 heterocycles. The highest BCUT2D eigenvalue weighted by atomic mass is 16.5. The fourth-order valence-electron chi connectivity index (χ4n) is 2.31. The number of ether oxygens (including phenoxy) is 3. The van der Waals surface area contributed by atoms with E-state index in [2.05, 4.69) is 5.32 Å². The van der Waals surface area contributed by atoms with Crippen molar-refractivity contribution in [3.05, 3.63) is 60.2 Å². The molecule has 0 bridgehead atoms. The summed E-state index contributed by atoms with van der Waals surface area (Å²) in [4.78, 5) is 11.8. The number of hydrogen-bond donors (Lipinski definition) is 1. The van der Waals surface area contributed by atoms with E-state index in [0.717, 1.165) is 12.0 Å². The largest absolute Gasteiger partial charge is 0.493 e. The van der Waals surface area contributed by atoms with E-state index in [-0.39, 0.29) is 18.6 Å². The van der Waals surface area contributed by atoms with Crippen molar-refractivity contribution in [3.8, 4) is 11.5 Å². The van der Waals surface area contributed by atoms with Gasteiger partial charge in [0.2, 0.25) is 0 Å². The zero-order valence-corrected chi connectivity index (χ0v) is 14.7. The Labute approximate surface area is 148 Å². The summed E-state index contributed by atoms with van der Waals surface area (Å²) in [5, 5.41) is 2.82. The molecule has 0 saturated heterocycles. The molecule has 2 rings (SSSR count). The van der Waals surface area contributed by atoms with Crippen molar-refractivity contribution in [1.29, 1.82) is 0 Å². The maximum atomic E-state index is 11.8. The predicted molar refractivity (Wildman–Crippen MR) is 96.9 cm³/mol. The monoisotopic (exact) mass is 343 g/mol. The van der Waals surface area contributed by atoms with Gasteiger partial charge in [-0.15, -0.1) is 0 Å². The quantitative estimate of drug-likeness (QED) is 0.672. The summed E-state index contributed by atoms with van der Waals surface area (Å²) in [6, 6.07) is 17.3. The van der Waals surface area contributed by atoms with Crippen molar-refractivity contribution < 1.29 is 19.0 Å². The molecular formula is C20H25NO4. The summed E-state index contributed by atoms with van der Waals surface area (Å²) in [5.74, 6) is 1.00. The van der Waals surface area contributed by atoms with Crippen molar-refractivity contribution in [3.63, 3.8) is 0 Å². The van der Waals surface area contributed by atoms with Crippen LogP contribution in [0.5, 0.6) is 11.5 Å². The third kappa shape index (κ3) is 6.47. The van der Waals surface area contributed by atoms with Crippen LogP contribution in [0.15, 0.2) is 54.6 Å². The minimum Gasteiger partial charge on any atom is -0.493 e. The highest BCUT2D eigenvalue weighted by Crippen LogP contribution is 2.25. The molecule has 1 amide bonds. The fourth-order valence-corrected chi connectivity index (χ4v) is 2.31. The van der Waals surface area contributed by atoms with Crippen LogP contribution in [0, 0.1) is 0 Å². The smallest absolute Gasteiger partial charge is 0.257 e. The van der Waals surface area contributed by atoms with E-state index in [1.165, 1.54) is 0 Å². The predicted octanol–water partition coefficient (Wildman–Crippen LogP) is 3.36. The first-order chi connectivity index (χ1) is 12.2. The fraction of sp³-hybridized carbons (Fsp3) is 0.350. The van der Waals surface area contributed by atoms with Crippen molar-refractivity contribution in [2.75, 3.05) is 26.9 Å². The van der Waals surface area contributed by atoms with Crippen LogP contribution in [-0.4, -0.2) is 32.8 Å². The van der Waals surface area contributed by atoms with Crippen molar-refractivity contribution >= 4 is 5.91 Å². The number of rotatable bonds is 10. The average molecular weight is 343 g/mol. The summed E-state index contributed by atoms with van der Waals surface area (Å²) in [7, 11) is 1.57. The highest BCUT2D eigenvalue weighted by Gasteiger charge is 2.07. The molecule has 0 aliphatic rings. The van der Waals surface area contributed by atoms with Gasteiger partial charge in [-0.3, -0.25) is 4.79 Å². The van der Waals surface area contributed by atoms with E-state index in [4.69, 9.17) is 14.2 Å². The lowest BCUT2D eigenvalue weighted by molar-refractivity contribution is -0.123. The third-order valence-corrected chi connectivity index (χ3v) is 3.71. The number of hydrogen-bond acceptors (Lipinski definition) is 4. The molecule has 1 atom stereocenters. The van der Waals surface area contributed by atoms with Crippen LogP contribution >= 0.6 is 0 Å². The molecule has 0 saturated carbocycles. The normalized spacial score (nSPS) is 11.6. The lowest BCUT2D eigenvalue weighted by atomic mass is 10.1. The number of nitrogens with one attached hydrogen (secondary N) is 1. The summed E-state index contributed by atoms with van der Waals surface area (Å²) in [6.45, 7) is 3.12. The highest BCUT2D eigenvalue weighted by molar-refractivity contribution is 5.77. The SMILES string of the molecule is COc1ccccc1OCC(=O)NCCCOC(C)c1ccccc1. The minimum atomic E-state index is -0.165. The molecule has 134 valence electrons. The molecule has 25 heavy (non-hydrogen) atoms. The van der Waals surface area contributed by atoms with Crippen LogP contribution in [0.1, 0.15) is 25.0 Å². The number of benzene rings is 2. The Bertz CT molecular complexity index is 645. The number of para-hydroxylation sites is 2. The van der Waals surface area contributed by atoms with E-state index in [1.54, 1.807) is 19.2 Å². The van der Waals surface area contributed by atoms with E-state index >= 15 is 0 Å². The molecule has 0 fully saturated rings. The maximum absolute atomic E-state index is 11.8. The summed E-state index contributed by atoms with van der Waals surface area (Å²) in [5.41, 5.74) is 1.15. The van der Waals surface area contributed by atoms with Gasteiger partial charge in [0.25, 0.3) is 5.91 Å². The van der Waals surface area contributed by atoms with Crippen molar-refractivity contribution in [1.82, 2.24) is 5.32 Å². The Hall–Kier alpha value is -2.53. The molecule has 0 radical (unpaired) electrons. The molecule has 0 aliphatic carbocycles. The van der Waals surface area contributed by atoms with Gasteiger partial charge in [-0.2, -0.15) is 0 Å². The van der Waals surface area contributed by atoms with Gasteiger partial charge in [0.15, 0.2) is 18.1 Å². The molecule has 5 heteroatoms. The second-order valence-electron chi connectivity index (χ2n) is 5.57. The summed E-state index contributed by atoms with van der Waals surface area (Å²) >= 11 is 0. The van der Waals surface area contributed by atoms with E-state index in [0.29, 0.717) is 24.7 Å². The molecule has 0 aliphatic heterocycles. The van der Waals surface area contributed by atoms with E-state index in [1.807, 2.05) is 49.4 Å². The minimum absolute atomic E-state index is 0.0400. The Kier molecular flexibility index (Phi) is 7.79. The van der Waals surface area contributed by atoms with Gasteiger partial charge in [0.1, 0.15) is 0 Å². The van der Waals surface area contributed by atoms with Gasteiger partial charge >= 0.3 is 0 Å². The van der Waals surface area contributed by atoms with Crippen LogP contribution in [0.2, 0.25) is 0 Å². The first kappa shape index (κ1) is 18.8. The topological polar surface area (TPSA) is 56.8 Å². The molecule has 1 N–H and O–H groups in total. The van der Waals surface area contributed by atoms with Gasteiger partial charge in [-0.25, -0.2) is 0 Å². The Morgan fingerprint density at radius 2 is 1.72 bits per heavy atom. The number of carbonyl (C=O) groups is 1. The van der Waals surface area contributed by atoms with Crippen LogP contribution in [0.25, 0.3) is 0 Å². The number of amides is 1. The Balaban J connectivity index is 1.59. The van der Waals surface area contributed by atoms with Crippen LogP contribution < -0.4 is 14.8 Å². The molecule has 0 aromatic heterocycles. The Morgan fingerprint density at radius 3 is 2.44 bits per heavy atom. The second kappa shape index (κ2) is 10.4. The molecule has 2 aromatic rings. The molecule has 2 aromatic carbocycles. The van der Waals surface area contributed by atoms with Gasteiger partial charge in [0.05, 0.1) is 13.2 Å². The number of methoxy groups -OCH3 is 1. The standard InChI is InChI=1S/C20H25NO4/c1-16(17-9-4-3-5-10-17)24-14-8-13-21-20(22)15-25-19-12-7-6-11-18(19)23-2/h3-7,9-12,16H,8,13-15H2,1-2H3,(H,21,22). The first-order valence-electron chi connectivity index (χ1n) is 8.39. The summed E-state index contributed by atoms with van der Waals surface area (Å²) in [6.07, 6.45) is 0.795. The van der Waals surface area contributed by atoms with Gasteiger partial charge in [-0.05, 0) is 31.0 Å². The zero-order valence-electron chi connectivity index (χ0n) is 14.7. The molecule has 0 spiro atoms. The van der Waals surface area contributed by atoms with Gasteiger partial charge < -0.3 is 19.5 Å². The summed E-state index contributed by atoms with van der Waals surface area (Å²) < 4.78 is 16.4. The maximum Gasteiger partial charge on any atom is 0.257 e. The van der Waals surface area contributed by atoms with Gasteiger partial charge in [-0.1, -0.05) is 42.5 Å². The van der Waals surface area contributed by atoms with Crippen LogP contribution in [-0.2, 0) is 9.53 Å². The third-order valence-electron chi connectivity index (χ3n) is 3.71. The molecular weight excluding hydrogens is 318 g/mol. The zero-order chi connectivity index (χ0) is 17.9. The van der Waals surface area contributed by atoms with Crippen LogP contribution in [0.3, 0.4) is 0 Å². The lowest BCUT2D eigenvalue weighted by Crippen LogP contribution is -2.30. The van der Waals surface area contributed by atoms with Crippen LogP contribution in [0.4, 0.5) is 0 Å². The second-order valence-corrected chi connectivity index (χ2v) is 5.57. The van der Waals surface area contributed by atoms with Gasteiger partial charge in [0, 0.05) is 13.2 Å². The van der Waals surface area contributed by atoms with E-state index in [9.17, 15) is 4.79 Å². The molecule has 5 nitrogen and oxygen atoms in total. The Morgan fingerprint density at radius 1 is 1.04 bits per heavy atom. The first-order valence-corrected chi connectivity index (χ1v) is 8.39.